The van der Waals surface area contributed by atoms with Crippen molar-refractivity contribution in [3.05, 3.63) is 51.3 Å². The van der Waals surface area contributed by atoms with Gasteiger partial charge in [0, 0.05) is 17.2 Å². The summed E-state index contributed by atoms with van der Waals surface area (Å²) in [6, 6.07) is 7.21. The summed E-state index contributed by atoms with van der Waals surface area (Å²) in [5, 5.41) is 7.65. The number of benzene rings is 1. The average Bonchev–Trinajstić information content (AvgIpc) is 2.88. The van der Waals surface area contributed by atoms with Crippen LogP contribution in [0, 0.1) is 20.8 Å². The molecular formula is C19H19BrN4O3. The van der Waals surface area contributed by atoms with Crippen molar-refractivity contribution in [3.63, 3.8) is 0 Å². The molecule has 27 heavy (non-hydrogen) atoms. The van der Waals surface area contributed by atoms with Gasteiger partial charge in [0.25, 0.3) is 5.91 Å². The molecule has 8 heteroatoms. The molecule has 0 spiro atoms. The van der Waals surface area contributed by atoms with E-state index in [1.54, 1.807) is 37.7 Å². The van der Waals surface area contributed by atoms with Crippen LogP contribution in [0.2, 0.25) is 0 Å². The maximum atomic E-state index is 12.6. The Bertz CT molecular complexity index is 1060. The van der Waals surface area contributed by atoms with Gasteiger partial charge in [-0.2, -0.15) is 5.10 Å². The Morgan fingerprint density at radius 2 is 1.96 bits per heavy atom. The number of aromatic nitrogens is 3. The predicted molar refractivity (Wildman–Crippen MR) is 106 cm³/mol. The smallest absolute Gasteiger partial charge is 0.339 e. The van der Waals surface area contributed by atoms with Gasteiger partial charge in [0.2, 0.25) is 0 Å². The van der Waals surface area contributed by atoms with E-state index in [1.165, 1.54) is 0 Å². The van der Waals surface area contributed by atoms with Gasteiger partial charge >= 0.3 is 5.97 Å². The van der Waals surface area contributed by atoms with Gasteiger partial charge in [0.05, 0.1) is 22.3 Å². The summed E-state index contributed by atoms with van der Waals surface area (Å²) in [7, 11) is 1.77. The number of anilines is 1. The number of halogens is 1. The first-order valence-electron chi connectivity index (χ1n) is 8.30. The molecule has 0 aliphatic carbocycles. The van der Waals surface area contributed by atoms with Crippen LogP contribution in [0.25, 0.3) is 11.0 Å². The molecule has 0 bridgehead atoms. The van der Waals surface area contributed by atoms with Crippen LogP contribution < -0.4 is 5.32 Å². The van der Waals surface area contributed by atoms with E-state index in [0.29, 0.717) is 33.7 Å². The first-order chi connectivity index (χ1) is 12.8. The van der Waals surface area contributed by atoms with Crippen molar-refractivity contribution in [1.29, 1.82) is 0 Å². The number of pyridine rings is 1. The number of carbonyl (C=O) groups excluding carboxylic acids is 2. The van der Waals surface area contributed by atoms with Gasteiger partial charge < -0.3 is 10.1 Å². The van der Waals surface area contributed by atoms with Crippen molar-refractivity contribution in [3.8, 4) is 0 Å². The largest absolute Gasteiger partial charge is 0.452 e. The second kappa shape index (κ2) is 7.48. The van der Waals surface area contributed by atoms with E-state index < -0.39 is 11.9 Å². The molecule has 0 unspecified atom stereocenters. The lowest BCUT2D eigenvalue weighted by atomic mass is 10.1. The molecule has 0 saturated heterocycles. The second-order valence-electron chi connectivity index (χ2n) is 6.33. The lowest BCUT2D eigenvalue weighted by Crippen LogP contribution is -2.21. The molecule has 2 heterocycles. The fourth-order valence-corrected chi connectivity index (χ4v) is 3.44. The number of nitrogens with one attached hydrogen (secondary N) is 1. The highest BCUT2D eigenvalue weighted by Gasteiger charge is 2.19. The van der Waals surface area contributed by atoms with Crippen LogP contribution in [0.5, 0.6) is 0 Å². The molecule has 7 nitrogen and oxygen atoms in total. The zero-order valence-corrected chi connectivity index (χ0v) is 17.0. The fraction of sp³-hybridized carbons (Fsp3) is 0.263. The topological polar surface area (TPSA) is 86.1 Å². The number of fused-ring (bicyclic) bond motifs is 1. The first-order valence-corrected chi connectivity index (χ1v) is 9.09. The number of nitrogens with zero attached hydrogens (tertiary/aromatic N) is 3. The Morgan fingerprint density at radius 1 is 1.22 bits per heavy atom. The Morgan fingerprint density at radius 3 is 2.67 bits per heavy atom. The summed E-state index contributed by atoms with van der Waals surface area (Å²) in [5.74, 6) is -1.00. The highest BCUT2D eigenvalue weighted by molar-refractivity contribution is 9.10. The molecule has 3 aromatic rings. The molecule has 0 fully saturated rings. The normalized spacial score (nSPS) is 10.9. The van der Waals surface area contributed by atoms with Gasteiger partial charge in [-0.1, -0.05) is 6.07 Å². The summed E-state index contributed by atoms with van der Waals surface area (Å²) in [4.78, 5) is 29.1. The van der Waals surface area contributed by atoms with Crippen molar-refractivity contribution >= 4 is 44.5 Å². The molecule has 1 N–H and O–H groups in total. The van der Waals surface area contributed by atoms with Crippen LogP contribution in [0.15, 0.2) is 28.7 Å². The lowest BCUT2D eigenvalue weighted by Gasteiger charge is -2.09. The predicted octanol–water partition coefficient (Wildman–Crippen LogP) is 3.45. The molecule has 140 valence electrons. The minimum atomic E-state index is -0.584. The first kappa shape index (κ1) is 19.0. The number of aryl methyl sites for hydroxylation is 4. The quantitative estimate of drug-likeness (QED) is 0.640. The van der Waals surface area contributed by atoms with Gasteiger partial charge in [0.15, 0.2) is 12.3 Å². The Hall–Kier alpha value is -2.74. The van der Waals surface area contributed by atoms with Crippen molar-refractivity contribution in [2.24, 2.45) is 7.05 Å². The molecular weight excluding hydrogens is 412 g/mol. The number of esters is 1. The molecule has 0 saturated carbocycles. The third-order valence-electron chi connectivity index (χ3n) is 4.05. The average molecular weight is 431 g/mol. The molecule has 0 atom stereocenters. The van der Waals surface area contributed by atoms with E-state index in [2.05, 4.69) is 31.3 Å². The van der Waals surface area contributed by atoms with Gasteiger partial charge in [-0.3, -0.25) is 9.48 Å². The number of carbonyl (C=O) groups is 2. The zero-order valence-electron chi connectivity index (χ0n) is 15.5. The van der Waals surface area contributed by atoms with E-state index in [9.17, 15) is 9.59 Å². The Kier molecular flexibility index (Phi) is 5.27. The van der Waals surface area contributed by atoms with E-state index in [1.807, 2.05) is 19.1 Å². The van der Waals surface area contributed by atoms with Crippen LogP contribution in [-0.2, 0) is 16.6 Å². The van der Waals surface area contributed by atoms with Crippen molar-refractivity contribution < 1.29 is 14.3 Å². The van der Waals surface area contributed by atoms with Crippen molar-refractivity contribution in [1.82, 2.24) is 14.8 Å². The van der Waals surface area contributed by atoms with Crippen molar-refractivity contribution in [2.45, 2.75) is 20.8 Å². The SMILES string of the molecule is Cc1ccc(NC(=O)COC(=O)c2cc(C)nc3c2c(C)nn3C)c(Br)c1. The standard InChI is InChI=1S/C19H19BrN4O3/c1-10-5-6-15(14(20)7-10)22-16(25)9-27-19(26)13-8-11(2)21-18-17(13)12(3)23-24(18)4/h5-8H,9H2,1-4H3,(H,22,25). The van der Waals surface area contributed by atoms with E-state index in [0.717, 1.165) is 10.0 Å². The summed E-state index contributed by atoms with van der Waals surface area (Å²) in [6.45, 7) is 5.16. The minimum absolute atomic E-state index is 0.354. The third kappa shape index (κ3) is 4.00. The molecule has 1 amide bonds. The molecule has 0 aliphatic rings. The maximum absolute atomic E-state index is 12.6. The van der Waals surface area contributed by atoms with Gasteiger partial charge in [-0.15, -0.1) is 0 Å². The van der Waals surface area contributed by atoms with Crippen LogP contribution >= 0.6 is 15.9 Å². The van der Waals surface area contributed by atoms with Crippen LogP contribution in [-0.4, -0.2) is 33.2 Å². The highest BCUT2D eigenvalue weighted by Crippen LogP contribution is 2.24. The number of hydrogen-bond acceptors (Lipinski definition) is 5. The molecule has 3 rings (SSSR count). The third-order valence-corrected chi connectivity index (χ3v) is 4.71. The van der Waals surface area contributed by atoms with Crippen molar-refractivity contribution in [2.75, 3.05) is 11.9 Å². The van der Waals surface area contributed by atoms with Gasteiger partial charge in [-0.25, -0.2) is 9.78 Å². The van der Waals surface area contributed by atoms with Crippen LogP contribution in [0.4, 0.5) is 5.69 Å². The Balaban J connectivity index is 1.74. The fourth-order valence-electron chi connectivity index (χ4n) is 2.85. The Labute approximate surface area is 164 Å². The van der Waals surface area contributed by atoms with Crippen LogP contribution in [0.1, 0.15) is 27.3 Å². The van der Waals surface area contributed by atoms with Gasteiger partial charge in [-0.05, 0) is 60.5 Å². The maximum Gasteiger partial charge on any atom is 0.339 e. The second-order valence-corrected chi connectivity index (χ2v) is 7.18. The molecule has 0 aliphatic heterocycles. The lowest BCUT2D eigenvalue weighted by molar-refractivity contribution is -0.119. The zero-order chi connectivity index (χ0) is 19.7. The summed E-state index contributed by atoms with van der Waals surface area (Å²) < 4.78 is 7.61. The number of ether oxygens (including phenoxy) is 1. The number of rotatable bonds is 4. The number of amides is 1. The summed E-state index contributed by atoms with van der Waals surface area (Å²) in [6.07, 6.45) is 0. The molecule has 2 aromatic heterocycles. The van der Waals surface area contributed by atoms with E-state index in [-0.39, 0.29) is 6.61 Å². The number of hydrogen-bond donors (Lipinski definition) is 1. The van der Waals surface area contributed by atoms with E-state index >= 15 is 0 Å². The monoisotopic (exact) mass is 430 g/mol. The van der Waals surface area contributed by atoms with E-state index in [4.69, 9.17) is 4.74 Å². The van der Waals surface area contributed by atoms with Crippen LogP contribution in [0.3, 0.4) is 0 Å². The minimum Gasteiger partial charge on any atom is -0.452 e. The highest BCUT2D eigenvalue weighted by atomic mass is 79.9. The molecule has 1 aromatic carbocycles. The summed E-state index contributed by atoms with van der Waals surface area (Å²) >= 11 is 3.40. The van der Waals surface area contributed by atoms with Gasteiger partial charge in [0.1, 0.15) is 0 Å². The molecule has 0 radical (unpaired) electrons. The summed E-state index contributed by atoms with van der Waals surface area (Å²) in [5.41, 5.74) is 3.99.